The minimum Gasteiger partial charge on any atom is -0.340 e. The predicted octanol–water partition coefficient (Wildman–Crippen LogP) is 20.0. The molecule has 0 unspecified atom stereocenters. The van der Waals surface area contributed by atoms with Crippen LogP contribution < -0.4 is 0 Å². The van der Waals surface area contributed by atoms with Crippen molar-refractivity contribution in [3.05, 3.63) is 287 Å². The number of aromatic nitrogens is 3. The van der Waals surface area contributed by atoms with Crippen LogP contribution in [0.4, 0.5) is 5.69 Å². The normalized spacial score (nSPS) is 14.8. The molecule has 3 aromatic heterocycles. The topological polar surface area (TPSA) is 17.8 Å². The first-order valence-corrected chi connectivity index (χ1v) is 29.4. The van der Waals surface area contributed by atoms with Gasteiger partial charge in [-0.3, -0.25) is 0 Å². The number of fused-ring (bicyclic) bond motifs is 4. The van der Waals surface area contributed by atoms with Crippen molar-refractivity contribution in [2.45, 2.75) is 66.6 Å². The Morgan fingerprint density at radius 2 is 0.889 bits per heavy atom. The molecular weight excluding hydrogens is 1000 g/mol. The van der Waals surface area contributed by atoms with Crippen LogP contribution in [-0.4, -0.2) is 30.5 Å². The van der Waals surface area contributed by atoms with Crippen LogP contribution in [0.1, 0.15) is 74.8 Å². The Kier molecular flexibility index (Phi) is 14.2. The summed E-state index contributed by atoms with van der Waals surface area (Å²) >= 11 is 8.00. The molecule has 11 aromatic rings. The Labute approximate surface area is 481 Å². The van der Waals surface area contributed by atoms with Gasteiger partial charge in [-0.25, -0.2) is 0 Å². The molecule has 2 aliphatic rings. The summed E-state index contributed by atoms with van der Waals surface area (Å²) in [4.78, 5) is 0. The lowest BCUT2D eigenvalue weighted by atomic mass is 9.86. The molecule has 0 N–H and O–H groups in total. The lowest BCUT2D eigenvalue weighted by Gasteiger charge is -2.19. The molecular formula is C76H66ClN4+. The highest BCUT2D eigenvalue weighted by atomic mass is 35.5. The minimum atomic E-state index is 0.822. The highest BCUT2D eigenvalue weighted by Crippen LogP contribution is 2.50. The Morgan fingerprint density at radius 3 is 1.37 bits per heavy atom. The summed E-state index contributed by atoms with van der Waals surface area (Å²) in [5.74, 6) is 0. The average Bonchev–Trinajstić information content (AvgIpc) is 4.37. The first-order chi connectivity index (χ1) is 40.0. The van der Waals surface area contributed by atoms with E-state index in [0.717, 1.165) is 61.6 Å². The van der Waals surface area contributed by atoms with Crippen LogP contribution in [0.2, 0.25) is 0 Å². The van der Waals surface area contributed by atoms with Crippen molar-refractivity contribution in [1.82, 2.24) is 13.7 Å². The maximum atomic E-state index is 8.00. The van der Waals surface area contributed by atoms with Crippen molar-refractivity contribution in [3.63, 3.8) is 0 Å². The quantitative estimate of drug-likeness (QED) is 0.0966. The fourth-order valence-corrected chi connectivity index (χ4v) is 13.7. The number of halogens is 1. The van der Waals surface area contributed by atoms with E-state index in [2.05, 4.69) is 289 Å². The molecule has 4 nitrogen and oxygen atoms in total. The SMILES string of the molecule is CCn1c(-c2ccccc2)c(C(=C/C=C2\CCCC(/C=C/C(=C3\C(c4ccccc4)=[N+](CC)c4ccccc43)c3c(-c4ccccc4)n(CC)c4ccccc34)=C2Cl)c2c(-c3ccccc3)n(CC)c3ccccc23)c2ccccc21. The summed E-state index contributed by atoms with van der Waals surface area (Å²) in [6, 6.07) is 79.8. The third-order valence-corrected chi connectivity index (χ3v) is 17.3. The fourth-order valence-electron chi connectivity index (χ4n) is 13.4. The number of benzene rings is 8. The first-order valence-electron chi connectivity index (χ1n) is 29.1. The standard InChI is InChI=1S/C76H66ClN4/c1-5-78-64-44-25-21-40-58(64)68(73(78)54-30-13-9-14-31-54)62(69-59-41-22-26-45-65(59)79(6-2)74(69)55-32-15-10-16-33-55)50-48-52-38-29-39-53(72(52)77)49-51-63(70-60-42-23-27-46-66(60)80(7-3)75(70)56-34-17-11-18-35-56)71-61-43-24-28-47-67(61)81(8-4)76(71)57-36-19-12-20-37-57/h9-28,30-37,40-51H,5-8,29,38-39H2,1-4H3/q+1. The van der Waals surface area contributed by atoms with Crippen molar-refractivity contribution in [2.75, 3.05) is 6.54 Å². The second-order valence-corrected chi connectivity index (χ2v) is 21.5. The highest BCUT2D eigenvalue weighted by molar-refractivity contribution is 6.39. The smallest absolute Gasteiger partial charge is 0.221 e. The van der Waals surface area contributed by atoms with Gasteiger partial charge in [0.05, 0.1) is 28.2 Å². The number of hydrogen-bond acceptors (Lipinski definition) is 0. The van der Waals surface area contributed by atoms with Crippen molar-refractivity contribution >= 4 is 72.4 Å². The molecule has 0 fully saturated rings. The summed E-state index contributed by atoms with van der Waals surface area (Å²) in [6.45, 7) is 12.4. The number of allylic oxidation sites excluding steroid dienone is 9. The zero-order valence-corrected chi connectivity index (χ0v) is 47.5. The van der Waals surface area contributed by atoms with Gasteiger partial charge < -0.3 is 13.7 Å². The van der Waals surface area contributed by atoms with Crippen LogP contribution in [0.5, 0.6) is 0 Å². The summed E-state index contributed by atoms with van der Waals surface area (Å²) in [6.07, 6.45) is 12.3. The van der Waals surface area contributed by atoms with Gasteiger partial charge in [-0.2, -0.15) is 4.58 Å². The third-order valence-electron chi connectivity index (χ3n) is 16.8. The van der Waals surface area contributed by atoms with Gasteiger partial charge in [0.15, 0.2) is 0 Å². The van der Waals surface area contributed by atoms with Crippen molar-refractivity contribution in [3.8, 4) is 33.8 Å². The number of para-hydroxylation sites is 4. The van der Waals surface area contributed by atoms with E-state index in [-0.39, 0.29) is 0 Å². The van der Waals surface area contributed by atoms with Crippen molar-refractivity contribution in [1.29, 1.82) is 0 Å². The van der Waals surface area contributed by atoms with Crippen LogP contribution in [0, 0.1) is 0 Å². The summed E-state index contributed by atoms with van der Waals surface area (Å²) in [7, 11) is 0. The van der Waals surface area contributed by atoms with Crippen LogP contribution in [0.3, 0.4) is 0 Å². The van der Waals surface area contributed by atoms with Gasteiger partial charge in [0.1, 0.15) is 6.54 Å². The van der Waals surface area contributed by atoms with E-state index in [1.54, 1.807) is 0 Å². The molecule has 1 aliphatic heterocycles. The van der Waals surface area contributed by atoms with Gasteiger partial charge in [-0.15, -0.1) is 0 Å². The highest BCUT2D eigenvalue weighted by Gasteiger charge is 2.38. The molecule has 0 spiro atoms. The fraction of sp³-hybridized carbons (Fsp3) is 0.145. The predicted molar refractivity (Wildman–Crippen MR) is 344 cm³/mol. The van der Waals surface area contributed by atoms with E-state index >= 15 is 0 Å². The monoisotopic (exact) mass is 1070 g/mol. The second kappa shape index (κ2) is 22.3. The third kappa shape index (κ3) is 8.90. The molecule has 0 bridgehead atoms. The Bertz CT molecular complexity index is 4250. The van der Waals surface area contributed by atoms with Crippen LogP contribution >= 0.6 is 11.6 Å². The molecule has 13 rings (SSSR count). The molecule has 396 valence electrons. The van der Waals surface area contributed by atoms with Crippen molar-refractivity contribution < 1.29 is 4.58 Å². The summed E-state index contributed by atoms with van der Waals surface area (Å²) < 4.78 is 10.0. The molecule has 1 aliphatic carbocycles. The molecule has 81 heavy (non-hydrogen) atoms. The van der Waals surface area contributed by atoms with E-state index in [1.807, 2.05) is 0 Å². The number of hydrogen-bond donors (Lipinski definition) is 0. The van der Waals surface area contributed by atoms with Gasteiger partial charge in [-0.1, -0.05) is 212 Å². The number of nitrogens with zero attached hydrogens (tertiary/aromatic N) is 4. The van der Waals surface area contributed by atoms with Gasteiger partial charge >= 0.3 is 0 Å². The first kappa shape index (κ1) is 51.5. The van der Waals surface area contributed by atoms with E-state index in [4.69, 9.17) is 11.6 Å². The van der Waals surface area contributed by atoms with E-state index in [9.17, 15) is 0 Å². The van der Waals surface area contributed by atoms with Crippen LogP contribution in [0.15, 0.2) is 259 Å². The van der Waals surface area contributed by atoms with Crippen LogP contribution in [-0.2, 0) is 19.6 Å². The van der Waals surface area contributed by atoms with Gasteiger partial charge in [-0.05, 0) is 122 Å². The maximum absolute atomic E-state index is 8.00. The zero-order chi connectivity index (χ0) is 55.0. The summed E-state index contributed by atoms with van der Waals surface area (Å²) in [5, 5.41) is 4.51. The molecule has 5 heteroatoms. The molecule has 0 radical (unpaired) electrons. The maximum Gasteiger partial charge on any atom is 0.221 e. The van der Waals surface area contributed by atoms with E-state index in [0.29, 0.717) is 0 Å². The molecule has 0 atom stereocenters. The number of rotatable bonds is 14. The van der Waals surface area contributed by atoms with Gasteiger partial charge in [0.2, 0.25) is 11.4 Å². The lowest BCUT2D eigenvalue weighted by Crippen LogP contribution is -2.14. The minimum absolute atomic E-state index is 0.822. The molecule has 8 aromatic carbocycles. The Morgan fingerprint density at radius 1 is 0.469 bits per heavy atom. The van der Waals surface area contributed by atoms with Gasteiger partial charge in [0.25, 0.3) is 0 Å². The molecule has 0 amide bonds. The van der Waals surface area contributed by atoms with E-state index in [1.165, 1.54) is 122 Å². The van der Waals surface area contributed by atoms with Gasteiger partial charge in [0, 0.05) is 85.7 Å². The second-order valence-electron chi connectivity index (χ2n) is 21.1. The summed E-state index contributed by atoms with van der Waals surface area (Å²) in [5.41, 5.74) is 25.3. The molecule has 4 heterocycles. The largest absolute Gasteiger partial charge is 0.340 e. The lowest BCUT2D eigenvalue weighted by molar-refractivity contribution is -0.431. The molecule has 0 saturated heterocycles. The molecule has 0 saturated carbocycles. The number of aryl methyl sites for hydroxylation is 3. The Hall–Kier alpha value is -8.96. The average molecular weight is 1070 g/mol. The Balaban J connectivity index is 1.08. The van der Waals surface area contributed by atoms with Crippen molar-refractivity contribution in [2.24, 2.45) is 0 Å². The zero-order valence-electron chi connectivity index (χ0n) is 46.7. The van der Waals surface area contributed by atoms with Crippen LogP contribution in [0.25, 0.3) is 83.2 Å². The van der Waals surface area contributed by atoms with E-state index < -0.39 is 0 Å².